The van der Waals surface area contributed by atoms with Crippen LogP contribution in [0.4, 0.5) is 0 Å². The van der Waals surface area contributed by atoms with Gasteiger partial charge in [-0.3, -0.25) is 14.5 Å². The lowest BCUT2D eigenvalue weighted by Gasteiger charge is -2.33. The first-order chi connectivity index (χ1) is 15.9. The highest BCUT2D eigenvalue weighted by Crippen LogP contribution is 2.51. The van der Waals surface area contributed by atoms with Crippen LogP contribution in [-0.4, -0.2) is 41.1 Å². The molecule has 0 saturated carbocycles. The summed E-state index contributed by atoms with van der Waals surface area (Å²) in [7, 11) is 0. The maximum absolute atomic E-state index is 13.2. The normalized spacial score (nSPS) is 27.5. The molecule has 1 aromatic carbocycles. The van der Waals surface area contributed by atoms with Crippen LogP contribution in [0.1, 0.15) is 65.4 Å². The predicted molar refractivity (Wildman–Crippen MR) is 129 cm³/mol. The van der Waals surface area contributed by atoms with Crippen molar-refractivity contribution in [1.82, 2.24) is 4.90 Å². The first-order valence-corrected chi connectivity index (χ1v) is 12.5. The summed E-state index contributed by atoms with van der Waals surface area (Å²) in [5.74, 6) is 0.208. The molecule has 5 heteroatoms. The Hall–Kier alpha value is -2.40. The lowest BCUT2D eigenvalue weighted by Crippen LogP contribution is -2.35. The van der Waals surface area contributed by atoms with Crippen LogP contribution in [0.5, 0.6) is 5.75 Å². The Bertz CT molecular complexity index is 976. The summed E-state index contributed by atoms with van der Waals surface area (Å²) in [6.07, 6.45) is 6.19. The average molecular weight is 452 g/mol. The average Bonchev–Trinajstić information content (AvgIpc) is 3.32. The van der Waals surface area contributed by atoms with Crippen molar-refractivity contribution >= 4 is 17.9 Å². The van der Waals surface area contributed by atoms with Crippen molar-refractivity contribution in [1.29, 1.82) is 0 Å². The molecule has 178 valence electrons. The molecule has 4 atom stereocenters. The Morgan fingerprint density at radius 1 is 1.18 bits per heavy atom. The van der Waals surface area contributed by atoms with Crippen LogP contribution in [0.25, 0.3) is 6.08 Å². The molecule has 2 amide bonds. The molecule has 0 aromatic heterocycles. The molecular weight excluding hydrogens is 414 g/mol. The van der Waals surface area contributed by atoms with Crippen LogP contribution in [0, 0.1) is 23.7 Å². The number of hydrogen-bond acceptors (Lipinski definition) is 4. The van der Waals surface area contributed by atoms with E-state index >= 15 is 0 Å². The summed E-state index contributed by atoms with van der Waals surface area (Å²) in [6, 6.07) is 7.41. The Labute approximate surface area is 197 Å². The zero-order valence-corrected chi connectivity index (χ0v) is 20.3. The Kier molecular flexibility index (Phi) is 7.08. The van der Waals surface area contributed by atoms with E-state index in [0.717, 1.165) is 31.2 Å². The topological polar surface area (TPSA) is 66.8 Å². The van der Waals surface area contributed by atoms with Crippen LogP contribution in [0.3, 0.4) is 0 Å². The summed E-state index contributed by atoms with van der Waals surface area (Å²) in [6.45, 7) is 9.57. The van der Waals surface area contributed by atoms with Crippen LogP contribution in [0.2, 0.25) is 0 Å². The number of fused-ring (bicyclic) bond motifs is 3. The van der Waals surface area contributed by atoms with Gasteiger partial charge in [0.25, 0.3) is 0 Å². The summed E-state index contributed by atoms with van der Waals surface area (Å²) >= 11 is 0. The first kappa shape index (κ1) is 23.7. The molecule has 2 aliphatic heterocycles. The fraction of sp³-hybridized carbons (Fsp3) is 0.571. The third kappa shape index (κ3) is 4.40. The minimum absolute atomic E-state index is 0.00389. The number of benzene rings is 1. The summed E-state index contributed by atoms with van der Waals surface area (Å²) < 4.78 is 6.32. The van der Waals surface area contributed by atoms with E-state index in [1.807, 2.05) is 25.1 Å². The van der Waals surface area contributed by atoms with Crippen LogP contribution < -0.4 is 0 Å². The number of rotatable bonds is 8. The fourth-order valence-electron chi connectivity index (χ4n) is 5.97. The molecule has 1 N–H and O–H groups in total. The molecule has 4 rings (SSSR count). The molecule has 0 unspecified atom stereocenters. The number of carbonyl (C=O) groups excluding carboxylic acids is 2. The van der Waals surface area contributed by atoms with Crippen molar-refractivity contribution in [2.75, 3.05) is 13.2 Å². The molecule has 3 aliphatic rings. The van der Waals surface area contributed by atoms with Gasteiger partial charge >= 0.3 is 0 Å². The molecule has 33 heavy (non-hydrogen) atoms. The molecule has 5 nitrogen and oxygen atoms in total. The molecule has 0 spiro atoms. The van der Waals surface area contributed by atoms with Gasteiger partial charge in [-0.05, 0) is 49.7 Å². The molecule has 1 aliphatic carbocycles. The minimum Gasteiger partial charge on any atom is -0.507 e. The second-order valence-electron chi connectivity index (χ2n) is 9.98. The summed E-state index contributed by atoms with van der Waals surface area (Å²) in [5.41, 5.74) is 4.73. The van der Waals surface area contributed by atoms with Gasteiger partial charge in [0.15, 0.2) is 0 Å². The second kappa shape index (κ2) is 9.84. The SMILES string of the molecule is CCCN1C(=O)[C@@H]2[C@@H](CC(C(C)C)=C3[C@@H](CC/C(=C/c4ccccc4O)CC)OC[C@@H]32)C1=O. The number of phenolic OH excluding ortho intramolecular Hbond substituents is 1. The lowest BCUT2D eigenvalue weighted by atomic mass is 9.67. The van der Waals surface area contributed by atoms with Crippen molar-refractivity contribution in [2.24, 2.45) is 23.7 Å². The molecular formula is C28H37NO4. The van der Waals surface area contributed by atoms with Crippen molar-refractivity contribution in [3.05, 3.63) is 46.5 Å². The Morgan fingerprint density at radius 3 is 2.61 bits per heavy atom. The van der Waals surface area contributed by atoms with Gasteiger partial charge in [-0.25, -0.2) is 0 Å². The number of phenols is 1. The van der Waals surface area contributed by atoms with E-state index < -0.39 is 0 Å². The Morgan fingerprint density at radius 2 is 1.94 bits per heavy atom. The highest BCUT2D eigenvalue weighted by Gasteiger charge is 2.56. The largest absolute Gasteiger partial charge is 0.507 e. The van der Waals surface area contributed by atoms with Gasteiger partial charge in [0.2, 0.25) is 11.8 Å². The van der Waals surface area contributed by atoms with Gasteiger partial charge in [0.05, 0.1) is 24.5 Å². The number of ether oxygens (including phenoxy) is 1. The number of carbonyl (C=O) groups is 2. The smallest absolute Gasteiger partial charge is 0.233 e. The van der Waals surface area contributed by atoms with E-state index in [1.165, 1.54) is 21.6 Å². The summed E-state index contributed by atoms with van der Waals surface area (Å²) in [5, 5.41) is 10.1. The first-order valence-electron chi connectivity index (χ1n) is 12.5. The van der Waals surface area contributed by atoms with E-state index in [-0.39, 0.29) is 35.7 Å². The lowest BCUT2D eigenvalue weighted by molar-refractivity contribution is -0.140. The molecule has 2 heterocycles. The van der Waals surface area contributed by atoms with E-state index in [9.17, 15) is 14.7 Å². The predicted octanol–water partition coefficient (Wildman–Crippen LogP) is 5.35. The fourth-order valence-corrected chi connectivity index (χ4v) is 5.97. The number of imide groups is 1. The van der Waals surface area contributed by atoms with Gasteiger partial charge in [0, 0.05) is 18.0 Å². The molecule has 1 aromatic rings. The van der Waals surface area contributed by atoms with Crippen LogP contribution in [-0.2, 0) is 14.3 Å². The van der Waals surface area contributed by atoms with Crippen LogP contribution in [0.15, 0.2) is 41.0 Å². The molecule has 2 saturated heterocycles. The minimum atomic E-state index is -0.256. The van der Waals surface area contributed by atoms with Crippen LogP contribution >= 0.6 is 0 Å². The number of allylic oxidation sites excluding steroid dienone is 2. The van der Waals surface area contributed by atoms with E-state index in [0.29, 0.717) is 31.2 Å². The van der Waals surface area contributed by atoms with Gasteiger partial charge in [-0.2, -0.15) is 0 Å². The standard InChI is InChI=1S/C28H37NO4/c1-5-13-29-27(31)21-15-20(17(3)4)25-22(26(21)28(29)32)16-33-24(25)12-11-18(6-2)14-19-9-7-8-10-23(19)30/h7-10,14,17,21-22,24,26,30H,5-6,11-13,15-16H2,1-4H3/b18-14+/t21-,22+,24-,26-/m1/s1. The van der Waals surface area contributed by atoms with Gasteiger partial charge < -0.3 is 9.84 Å². The molecule has 0 radical (unpaired) electrons. The summed E-state index contributed by atoms with van der Waals surface area (Å²) in [4.78, 5) is 27.8. The van der Waals surface area contributed by atoms with E-state index in [1.54, 1.807) is 6.07 Å². The number of nitrogens with zero attached hydrogens (tertiary/aromatic N) is 1. The maximum Gasteiger partial charge on any atom is 0.233 e. The highest BCUT2D eigenvalue weighted by atomic mass is 16.5. The van der Waals surface area contributed by atoms with Crippen molar-refractivity contribution < 1.29 is 19.4 Å². The zero-order chi connectivity index (χ0) is 23.7. The number of amides is 2. The van der Waals surface area contributed by atoms with Crippen molar-refractivity contribution in [3.8, 4) is 5.75 Å². The highest BCUT2D eigenvalue weighted by molar-refractivity contribution is 6.05. The quantitative estimate of drug-likeness (QED) is 0.427. The van der Waals surface area contributed by atoms with Crippen molar-refractivity contribution in [3.63, 3.8) is 0 Å². The number of para-hydroxylation sites is 1. The van der Waals surface area contributed by atoms with Crippen molar-refractivity contribution in [2.45, 2.75) is 65.9 Å². The third-order valence-corrected chi connectivity index (χ3v) is 7.66. The number of aromatic hydroxyl groups is 1. The van der Waals surface area contributed by atoms with Gasteiger partial charge in [0.1, 0.15) is 5.75 Å². The van der Waals surface area contributed by atoms with E-state index in [2.05, 4.69) is 26.8 Å². The molecule has 0 bridgehead atoms. The Balaban J connectivity index is 1.57. The van der Waals surface area contributed by atoms with Gasteiger partial charge in [-0.15, -0.1) is 0 Å². The van der Waals surface area contributed by atoms with Gasteiger partial charge in [-0.1, -0.05) is 63.1 Å². The van der Waals surface area contributed by atoms with E-state index in [4.69, 9.17) is 4.74 Å². The number of hydrogen-bond donors (Lipinski definition) is 1. The molecule has 2 fully saturated rings. The monoisotopic (exact) mass is 451 g/mol. The number of likely N-dealkylation sites (tertiary alicyclic amines) is 1. The zero-order valence-electron chi connectivity index (χ0n) is 20.3. The third-order valence-electron chi connectivity index (χ3n) is 7.66. The second-order valence-corrected chi connectivity index (χ2v) is 9.98. The maximum atomic E-state index is 13.2.